The Morgan fingerprint density at radius 3 is 2.80 bits per heavy atom. The van der Waals surface area contributed by atoms with Crippen molar-refractivity contribution in [3.05, 3.63) is 53.7 Å². The monoisotopic (exact) mass is 272 g/mol. The van der Waals surface area contributed by atoms with Crippen molar-refractivity contribution in [2.75, 3.05) is 19.1 Å². The zero-order valence-corrected chi connectivity index (χ0v) is 12.1. The first kappa shape index (κ1) is 14.3. The zero-order valence-electron chi connectivity index (χ0n) is 12.1. The van der Waals surface area contributed by atoms with Crippen molar-refractivity contribution in [2.45, 2.75) is 19.6 Å². The quantitative estimate of drug-likeness (QED) is 0.909. The van der Waals surface area contributed by atoms with Crippen LogP contribution in [0, 0.1) is 0 Å². The highest BCUT2D eigenvalue weighted by molar-refractivity contribution is 5.42. The average Bonchev–Trinajstić information content (AvgIpc) is 2.47. The minimum absolute atomic E-state index is 0.484. The molecule has 2 rings (SSSR count). The van der Waals surface area contributed by atoms with E-state index in [1.54, 1.807) is 20.2 Å². The minimum Gasteiger partial charge on any atom is -0.497 e. The van der Waals surface area contributed by atoms with Gasteiger partial charge in [-0.05, 0) is 42.3 Å². The largest absolute Gasteiger partial charge is 0.497 e. The molecular formula is C16H20N2O2. The highest BCUT2D eigenvalue weighted by Crippen LogP contribution is 2.20. The molecule has 0 fully saturated rings. The van der Waals surface area contributed by atoms with Crippen LogP contribution in [0.3, 0.4) is 0 Å². The summed E-state index contributed by atoms with van der Waals surface area (Å²) in [7, 11) is 3.64. The summed E-state index contributed by atoms with van der Waals surface area (Å²) in [6.07, 6.45) is 1.24. The fraction of sp³-hybridized carbons (Fsp3) is 0.312. The molecule has 2 aromatic rings. The number of methoxy groups -OCH3 is 1. The van der Waals surface area contributed by atoms with E-state index in [0.29, 0.717) is 0 Å². The van der Waals surface area contributed by atoms with Crippen molar-refractivity contribution >= 4 is 5.82 Å². The molecule has 0 bridgehead atoms. The van der Waals surface area contributed by atoms with Crippen LogP contribution in [-0.2, 0) is 6.54 Å². The van der Waals surface area contributed by atoms with Gasteiger partial charge in [0, 0.05) is 19.8 Å². The van der Waals surface area contributed by atoms with Crippen LogP contribution in [0.4, 0.5) is 5.82 Å². The predicted molar refractivity (Wildman–Crippen MR) is 80.0 cm³/mol. The molecule has 0 amide bonds. The van der Waals surface area contributed by atoms with E-state index in [-0.39, 0.29) is 0 Å². The summed E-state index contributed by atoms with van der Waals surface area (Å²) >= 11 is 0. The van der Waals surface area contributed by atoms with Crippen molar-refractivity contribution in [3.63, 3.8) is 0 Å². The molecule has 1 N–H and O–H groups in total. The molecule has 0 saturated carbocycles. The van der Waals surface area contributed by atoms with E-state index < -0.39 is 6.10 Å². The highest BCUT2D eigenvalue weighted by Gasteiger charge is 2.07. The molecule has 106 valence electrons. The Labute approximate surface area is 119 Å². The van der Waals surface area contributed by atoms with Gasteiger partial charge < -0.3 is 14.7 Å². The number of anilines is 1. The third-order valence-corrected chi connectivity index (χ3v) is 3.20. The maximum absolute atomic E-state index is 9.63. The van der Waals surface area contributed by atoms with Gasteiger partial charge in [0.2, 0.25) is 0 Å². The van der Waals surface area contributed by atoms with Crippen LogP contribution < -0.4 is 9.64 Å². The molecule has 1 aromatic carbocycles. The van der Waals surface area contributed by atoms with E-state index in [1.807, 2.05) is 42.3 Å². The Bertz CT molecular complexity index is 570. The van der Waals surface area contributed by atoms with E-state index in [4.69, 9.17) is 4.74 Å². The molecule has 0 spiro atoms. The molecule has 4 nitrogen and oxygen atoms in total. The highest BCUT2D eigenvalue weighted by atomic mass is 16.5. The Hall–Kier alpha value is -2.07. The SMILES string of the molecule is COc1cccc(CN(C)c2cc(C(C)O)ccn2)c1. The summed E-state index contributed by atoms with van der Waals surface area (Å²) in [5.74, 6) is 1.69. The average molecular weight is 272 g/mol. The number of ether oxygens (including phenoxy) is 1. The number of benzene rings is 1. The Morgan fingerprint density at radius 1 is 1.30 bits per heavy atom. The van der Waals surface area contributed by atoms with Crippen molar-refractivity contribution in [3.8, 4) is 5.75 Å². The Kier molecular flexibility index (Phi) is 4.58. The third-order valence-electron chi connectivity index (χ3n) is 3.20. The number of aliphatic hydroxyl groups is 1. The van der Waals surface area contributed by atoms with Crippen LogP contribution in [0.5, 0.6) is 5.75 Å². The van der Waals surface area contributed by atoms with Gasteiger partial charge in [0.1, 0.15) is 11.6 Å². The van der Waals surface area contributed by atoms with Crippen LogP contribution in [-0.4, -0.2) is 24.2 Å². The second-order valence-electron chi connectivity index (χ2n) is 4.83. The summed E-state index contributed by atoms with van der Waals surface area (Å²) in [5.41, 5.74) is 2.02. The van der Waals surface area contributed by atoms with Gasteiger partial charge in [0.05, 0.1) is 13.2 Å². The van der Waals surface area contributed by atoms with E-state index >= 15 is 0 Å². The van der Waals surface area contributed by atoms with Gasteiger partial charge in [-0.2, -0.15) is 0 Å². The van der Waals surface area contributed by atoms with Gasteiger partial charge in [-0.3, -0.25) is 0 Å². The van der Waals surface area contributed by atoms with Crippen LogP contribution in [0.2, 0.25) is 0 Å². The first-order valence-corrected chi connectivity index (χ1v) is 6.58. The van der Waals surface area contributed by atoms with E-state index in [2.05, 4.69) is 11.1 Å². The molecule has 0 aliphatic rings. The van der Waals surface area contributed by atoms with Crippen molar-refractivity contribution in [1.29, 1.82) is 0 Å². The smallest absolute Gasteiger partial charge is 0.128 e. The van der Waals surface area contributed by atoms with E-state index in [9.17, 15) is 5.11 Å². The van der Waals surface area contributed by atoms with Crippen LogP contribution >= 0.6 is 0 Å². The predicted octanol–water partition coefficient (Wildman–Crippen LogP) is 2.78. The number of hydrogen-bond acceptors (Lipinski definition) is 4. The molecule has 0 saturated heterocycles. The number of rotatable bonds is 5. The number of pyridine rings is 1. The number of hydrogen-bond donors (Lipinski definition) is 1. The lowest BCUT2D eigenvalue weighted by molar-refractivity contribution is 0.199. The summed E-state index contributed by atoms with van der Waals surface area (Å²) in [6, 6.07) is 11.7. The number of nitrogens with zero attached hydrogens (tertiary/aromatic N) is 2. The van der Waals surface area contributed by atoms with E-state index in [0.717, 1.165) is 29.2 Å². The number of aliphatic hydroxyl groups excluding tert-OH is 1. The zero-order chi connectivity index (χ0) is 14.5. The topological polar surface area (TPSA) is 45.6 Å². The van der Waals surface area contributed by atoms with Gasteiger partial charge in [0.25, 0.3) is 0 Å². The number of aromatic nitrogens is 1. The molecule has 0 radical (unpaired) electrons. The van der Waals surface area contributed by atoms with Gasteiger partial charge in [-0.1, -0.05) is 12.1 Å². The lowest BCUT2D eigenvalue weighted by atomic mass is 10.1. The first-order valence-electron chi connectivity index (χ1n) is 6.58. The van der Waals surface area contributed by atoms with Gasteiger partial charge in [-0.15, -0.1) is 0 Å². The maximum atomic E-state index is 9.63. The van der Waals surface area contributed by atoms with Gasteiger partial charge >= 0.3 is 0 Å². The summed E-state index contributed by atoms with van der Waals surface area (Å²) < 4.78 is 5.23. The van der Waals surface area contributed by atoms with E-state index in [1.165, 1.54) is 0 Å². The molecule has 1 heterocycles. The normalized spacial score (nSPS) is 12.0. The Morgan fingerprint density at radius 2 is 2.10 bits per heavy atom. The van der Waals surface area contributed by atoms with Gasteiger partial charge in [-0.25, -0.2) is 4.98 Å². The maximum Gasteiger partial charge on any atom is 0.128 e. The summed E-state index contributed by atoms with van der Waals surface area (Å²) in [4.78, 5) is 6.39. The molecule has 0 aliphatic carbocycles. The summed E-state index contributed by atoms with van der Waals surface area (Å²) in [5, 5.41) is 9.63. The second kappa shape index (κ2) is 6.39. The van der Waals surface area contributed by atoms with Gasteiger partial charge in [0.15, 0.2) is 0 Å². The fourth-order valence-electron chi connectivity index (χ4n) is 2.03. The molecule has 1 atom stereocenters. The molecule has 1 unspecified atom stereocenters. The molecule has 20 heavy (non-hydrogen) atoms. The van der Waals surface area contributed by atoms with Crippen LogP contribution in [0.25, 0.3) is 0 Å². The van der Waals surface area contributed by atoms with Crippen molar-refractivity contribution in [2.24, 2.45) is 0 Å². The van der Waals surface area contributed by atoms with Crippen LogP contribution in [0.1, 0.15) is 24.2 Å². The summed E-state index contributed by atoms with van der Waals surface area (Å²) in [6.45, 7) is 2.48. The molecule has 1 aromatic heterocycles. The lowest BCUT2D eigenvalue weighted by Crippen LogP contribution is -2.18. The molecule has 4 heteroatoms. The first-order chi connectivity index (χ1) is 9.60. The van der Waals surface area contributed by atoms with Crippen molar-refractivity contribution < 1.29 is 9.84 Å². The minimum atomic E-state index is -0.484. The molecule has 0 aliphatic heterocycles. The van der Waals surface area contributed by atoms with Crippen LogP contribution in [0.15, 0.2) is 42.6 Å². The second-order valence-corrected chi connectivity index (χ2v) is 4.83. The molecular weight excluding hydrogens is 252 g/mol. The third kappa shape index (κ3) is 3.48. The standard InChI is InChI=1S/C16H20N2O2/c1-12(19)14-7-8-17-16(10-14)18(2)11-13-5-4-6-15(9-13)20-3/h4-10,12,19H,11H2,1-3H3. The Balaban J connectivity index is 2.14. The van der Waals surface area contributed by atoms with Crippen molar-refractivity contribution in [1.82, 2.24) is 4.98 Å². The lowest BCUT2D eigenvalue weighted by Gasteiger charge is -2.19. The fourth-order valence-corrected chi connectivity index (χ4v) is 2.03.